The molecule has 0 saturated heterocycles. The van der Waals surface area contributed by atoms with E-state index in [1.807, 2.05) is 0 Å². The van der Waals surface area contributed by atoms with Crippen molar-refractivity contribution in [1.29, 1.82) is 0 Å². The van der Waals surface area contributed by atoms with Gasteiger partial charge in [-0.1, -0.05) is 39.0 Å². The molecule has 0 amide bonds. The first-order chi connectivity index (χ1) is 8.77. The molecule has 100 valence electrons. The van der Waals surface area contributed by atoms with E-state index in [2.05, 4.69) is 44.3 Å². The Morgan fingerprint density at radius 2 is 2.22 bits per heavy atom. The third-order valence-corrected chi connectivity index (χ3v) is 3.93. The molecule has 1 aliphatic rings. The summed E-state index contributed by atoms with van der Waals surface area (Å²) >= 11 is 0. The van der Waals surface area contributed by atoms with E-state index in [1.54, 1.807) is 0 Å². The van der Waals surface area contributed by atoms with Crippen LogP contribution < -0.4 is 10.1 Å². The summed E-state index contributed by atoms with van der Waals surface area (Å²) in [6.07, 6.45) is 3.46. The van der Waals surface area contributed by atoms with E-state index in [0.29, 0.717) is 12.0 Å². The van der Waals surface area contributed by atoms with E-state index in [4.69, 9.17) is 4.74 Å². The van der Waals surface area contributed by atoms with Crippen LogP contribution in [0.25, 0.3) is 0 Å². The topological polar surface area (TPSA) is 21.3 Å². The molecule has 1 aliphatic heterocycles. The highest BCUT2D eigenvalue weighted by atomic mass is 16.5. The molecule has 0 radical (unpaired) electrons. The highest BCUT2D eigenvalue weighted by molar-refractivity contribution is 5.45. The molecule has 2 atom stereocenters. The largest absolute Gasteiger partial charge is 0.493 e. The van der Waals surface area contributed by atoms with Crippen molar-refractivity contribution in [2.24, 2.45) is 0 Å². The summed E-state index contributed by atoms with van der Waals surface area (Å²) in [4.78, 5) is 0. The minimum Gasteiger partial charge on any atom is -0.493 e. The molecule has 0 spiro atoms. The summed E-state index contributed by atoms with van der Waals surface area (Å²) in [5, 5.41) is 3.58. The van der Waals surface area contributed by atoms with Gasteiger partial charge in [-0.2, -0.15) is 0 Å². The molecule has 0 fully saturated rings. The lowest BCUT2D eigenvalue weighted by Gasteiger charge is -2.21. The van der Waals surface area contributed by atoms with Crippen LogP contribution in [-0.2, 0) is 0 Å². The number of rotatable bonds is 4. The van der Waals surface area contributed by atoms with Crippen molar-refractivity contribution >= 4 is 0 Å². The number of ether oxygens (including phenoxy) is 1. The molecule has 2 heteroatoms. The Balaban J connectivity index is 2.39. The highest BCUT2D eigenvalue weighted by Gasteiger charge is 2.22. The van der Waals surface area contributed by atoms with Gasteiger partial charge in [0, 0.05) is 11.6 Å². The van der Waals surface area contributed by atoms with E-state index >= 15 is 0 Å². The van der Waals surface area contributed by atoms with Gasteiger partial charge in [0.25, 0.3) is 0 Å². The normalized spacial score (nSPS) is 20.7. The summed E-state index contributed by atoms with van der Waals surface area (Å²) in [5.41, 5.74) is 2.73. The molecule has 2 unspecified atom stereocenters. The zero-order valence-electron chi connectivity index (χ0n) is 11.8. The Hall–Kier alpha value is -1.02. The van der Waals surface area contributed by atoms with Gasteiger partial charge in [0.1, 0.15) is 5.75 Å². The Bertz CT molecular complexity index is 389. The van der Waals surface area contributed by atoms with E-state index < -0.39 is 0 Å². The van der Waals surface area contributed by atoms with E-state index in [-0.39, 0.29) is 0 Å². The first-order valence-corrected chi connectivity index (χ1v) is 7.26. The van der Waals surface area contributed by atoms with Crippen LogP contribution in [0.15, 0.2) is 18.2 Å². The summed E-state index contributed by atoms with van der Waals surface area (Å²) in [6, 6.07) is 7.08. The van der Waals surface area contributed by atoms with Gasteiger partial charge in [0.15, 0.2) is 0 Å². The van der Waals surface area contributed by atoms with Gasteiger partial charge in [0.2, 0.25) is 0 Å². The van der Waals surface area contributed by atoms with Crippen molar-refractivity contribution in [1.82, 2.24) is 5.32 Å². The second kappa shape index (κ2) is 6.24. The van der Waals surface area contributed by atoms with Gasteiger partial charge in [-0.05, 0) is 37.3 Å². The zero-order chi connectivity index (χ0) is 13.0. The second-order valence-corrected chi connectivity index (χ2v) is 5.18. The minimum atomic E-state index is 0.455. The minimum absolute atomic E-state index is 0.455. The maximum absolute atomic E-state index is 6.04. The summed E-state index contributed by atoms with van der Waals surface area (Å²) < 4.78 is 6.04. The molecule has 18 heavy (non-hydrogen) atoms. The number of nitrogens with one attached hydrogen (secondary N) is 1. The number of benzene rings is 1. The van der Waals surface area contributed by atoms with Gasteiger partial charge in [-0.15, -0.1) is 0 Å². The lowest BCUT2D eigenvalue weighted by Crippen LogP contribution is -2.20. The zero-order valence-corrected chi connectivity index (χ0v) is 11.8. The predicted molar refractivity (Wildman–Crippen MR) is 76.3 cm³/mol. The van der Waals surface area contributed by atoms with Gasteiger partial charge in [-0.3, -0.25) is 0 Å². The maximum Gasteiger partial charge on any atom is 0.127 e. The Kier molecular flexibility index (Phi) is 4.65. The third kappa shape index (κ3) is 2.69. The molecular formula is C16H25NO. The van der Waals surface area contributed by atoms with E-state index in [9.17, 15) is 0 Å². The molecule has 1 heterocycles. The Morgan fingerprint density at radius 3 is 2.94 bits per heavy atom. The van der Waals surface area contributed by atoms with Crippen LogP contribution in [0.1, 0.15) is 63.1 Å². The number of para-hydroxylation sites is 1. The van der Waals surface area contributed by atoms with Crippen LogP contribution in [0.2, 0.25) is 0 Å². The molecule has 2 nitrogen and oxygen atoms in total. The lowest BCUT2D eigenvalue weighted by atomic mass is 9.92. The lowest BCUT2D eigenvalue weighted by molar-refractivity contribution is 0.310. The predicted octanol–water partition coefficient (Wildman–Crippen LogP) is 4.02. The number of fused-ring (bicyclic) bond motifs is 1. The molecule has 1 aromatic rings. The summed E-state index contributed by atoms with van der Waals surface area (Å²) in [6.45, 7) is 8.55. The van der Waals surface area contributed by atoms with Crippen molar-refractivity contribution in [2.75, 3.05) is 13.2 Å². The molecule has 1 N–H and O–H groups in total. The van der Waals surface area contributed by atoms with E-state index in [0.717, 1.165) is 31.7 Å². The van der Waals surface area contributed by atoms with Crippen LogP contribution in [0.5, 0.6) is 5.75 Å². The number of hydrogen-bond acceptors (Lipinski definition) is 2. The maximum atomic E-state index is 6.04. The van der Waals surface area contributed by atoms with Crippen LogP contribution >= 0.6 is 0 Å². The van der Waals surface area contributed by atoms with Crippen molar-refractivity contribution in [3.8, 4) is 5.75 Å². The van der Waals surface area contributed by atoms with Crippen LogP contribution in [0.3, 0.4) is 0 Å². The molecule has 0 saturated carbocycles. The monoisotopic (exact) mass is 247 g/mol. The molecule has 0 bridgehead atoms. The SMILES string of the molecule is CCNC1CCCOc2c(C(C)CC)cccc21. The van der Waals surface area contributed by atoms with Gasteiger partial charge in [-0.25, -0.2) is 0 Å². The summed E-state index contributed by atoms with van der Waals surface area (Å²) in [7, 11) is 0. The van der Waals surface area contributed by atoms with Crippen molar-refractivity contribution < 1.29 is 4.74 Å². The Morgan fingerprint density at radius 1 is 1.39 bits per heavy atom. The Labute approximate surface area is 111 Å². The number of hydrogen-bond donors (Lipinski definition) is 1. The first kappa shape index (κ1) is 13.4. The van der Waals surface area contributed by atoms with Gasteiger partial charge >= 0.3 is 0 Å². The summed E-state index contributed by atoms with van der Waals surface area (Å²) in [5.74, 6) is 1.72. The fourth-order valence-electron chi connectivity index (χ4n) is 2.70. The van der Waals surface area contributed by atoms with Crippen LogP contribution in [0, 0.1) is 0 Å². The molecule has 2 rings (SSSR count). The standard InChI is InChI=1S/C16H25NO/c1-4-12(3)13-8-6-9-14-15(17-5-2)10-7-11-18-16(13)14/h6,8-9,12,15,17H,4-5,7,10-11H2,1-3H3. The first-order valence-electron chi connectivity index (χ1n) is 7.26. The molecular weight excluding hydrogens is 222 g/mol. The van der Waals surface area contributed by atoms with Crippen molar-refractivity contribution in [2.45, 2.75) is 52.0 Å². The van der Waals surface area contributed by atoms with Crippen LogP contribution in [-0.4, -0.2) is 13.2 Å². The smallest absolute Gasteiger partial charge is 0.127 e. The molecule has 0 aromatic heterocycles. The molecule has 0 aliphatic carbocycles. The van der Waals surface area contributed by atoms with Gasteiger partial charge in [0.05, 0.1) is 6.61 Å². The molecule has 1 aromatic carbocycles. The quantitative estimate of drug-likeness (QED) is 0.867. The highest BCUT2D eigenvalue weighted by Crippen LogP contribution is 2.38. The van der Waals surface area contributed by atoms with E-state index in [1.165, 1.54) is 17.5 Å². The van der Waals surface area contributed by atoms with Crippen molar-refractivity contribution in [3.05, 3.63) is 29.3 Å². The average Bonchev–Trinajstić information content (AvgIpc) is 2.61. The fourth-order valence-corrected chi connectivity index (χ4v) is 2.70. The van der Waals surface area contributed by atoms with Crippen molar-refractivity contribution in [3.63, 3.8) is 0 Å². The average molecular weight is 247 g/mol. The second-order valence-electron chi connectivity index (χ2n) is 5.18. The van der Waals surface area contributed by atoms with Crippen LogP contribution in [0.4, 0.5) is 0 Å². The van der Waals surface area contributed by atoms with Gasteiger partial charge < -0.3 is 10.1 Å². The third-order valence-electron chi connectivity index (χ3n) is 3.93. The fraction of sp³-hybridized carbons (Fsp3) is 0.625.